The van der Waals surface area contributed by atoms with Crippen molar-refractivity contribution in [3.63, 3.8) is 0 Å². The fourth-order valence-corrected chi connectivity index (χ4v) is 6.19. The Morgan fingerprint density at radius 3 is 2.57 bits per heavy atom. The van der Waals surface area contributed by atoms with Gasteiger partial charge in [0.15, 0.2) is 5.75 Å². The number of carbonyl (C=O) groups excluding carboxylic acids is 1. The minimum absolute atomic E-state index is 0.192. The van der Waals surface area contributed by atoms with Gasteiger partial charge in [-0.05, 0) is 31.5 Å². The van der Waals surface area contributed by atoms with Crippen LogP contribution in [-0.4, -0.2) is 55.1 Å². The number of nitrogens with one attached hydrogen (secondary N) is 2. The van der Waals surface area contributed by atoms with Gasteiger partial charge in [-0.1, -0.05) is 36.2 Å². The van der Waals surface area contributed by atoms with Crippen molar-refractivity contribution in [1.29, 1.82) is 0 Å². The lowest BCUT2D eigenvalue weighted by atomic mass is 10.1. The van der Waals surface area contributed by atoms with Crippen LogP contribution in [-0.2, 0) is 9.84 Å². The van der Waals surface area contributed by atoms with Crippen molar-refractivity contribution < 1.29 is 22.7 Å². The van der Waals surface area contributed by atoms with Crippen molar-refractivity contribution in [3.8, 4) is 5.75 Å². The lowest BCUT2D eigenvalue weighted by Crippen LogP contribution is -2.46. The molecule has 0 aromatic heterocycles. The molecule has 3 rings (SSSR count). The normalized spacial score (nSPS) is 21.9. The molecule has 0 saturated carbocycles. The van der Waals surface area contributed by atoms with E-state index in [9.17, 15) is 18.3 Å². The van der Waals surface area contributed by atoms with Gasteiger partial charge < -0.3 is 20.6 Å². The maximum absolute atomic E-state index is 15.5. The van der Waals surface area contributed by atoms with Gasteiger partial charge in [-0.2, -0.15) is 0 Å². The molecular weight excluding hydrogens is 456 g/mol. The molecule has 0 radical (unpaired) electrons. The Morgan fingerprint density at radius 1 is 1.33 bits per heavy atom. The number of urea groups is 1. The van der Waals surface area contributed by atoms with Crippen molar-refractivity contribution in [2.45, 2.75) is 48.5 Å². The van der Waals surface area contributed by atoms with E-state index in [1.165, 1.54) is 12.1 Å². The number of piperidine rings is 1. The van der Waals surface area contributed by atoms with Crippen LogP contribution in [0, 0.1) is 0 Å². The molecule has 0 unspecified atom stereocenters. The van der Waals surface area contributed by atoms with Crippen molar-refractivity contribution in [2.24, 2.45) is 0 Å². The highest BCUT2D eigenvalue weighted by molar-refractivity contribution is 7.92. The third-order valence-corrected chi connectivity index (χ3v) is 8.73. The van der Waals surface area contributed by atoms with Gasteiger partial charge in [0, 0.05) is 31.0 Å². The molecule has 0 bridgehead atoms. The van der Waals surface area contributed by atoms with Gasteiger partial charge >= 0.3 is 6.03 Å². The van der Waals surface area contributed by atoms with E-state index in [2.05, 4.69) is 10.6 Å². The van der Waals surface area contributed by atoms with Crippen LogP contribution in [0.4, 0.5) is 14.9 Å². The van der Waals surface area contributed by atoms with Crippen molar-refractivity contribution in [2.75, 3.05) is 25.0 Å². The van der Waals surface area contributed by atoms with E-state index in [1.807, 2.05) is 11.8 Å². The summed E-state index contributed by atoms with van der Waals surface area (Å²) in [6.45, 7) is 3.16. The standard InChI is InChI=1S/C19H24Cl2FN3O4S/c1-2-25-10-8-19(22,9-11-25)30(28,29)17-13(21)6-7-15(16(17)26)24-18(27)23-14-5-3-4-12(14)20/h4,6-7,14,26H,2-3,5,8-11H2,1H3,(H2,23,24,27)/t14-/m1/s1. The lowest BCUT2D eigenvalue weighted by molar-refractivity contribution is 0.124. The second-order valence-electron chi connectivity index (χ2n) is 7.41. The number of alkyl halides is 1. The number of halogens is 3. The Kier molecular flexibility index (Phi) is 6.86. The zero-order valence-corrected chi connectivity index (χ0v) is 18.7. The first kappa shape index (κ1) is 23.1. The van der Waals surface area contributed by atoms with E-state index in [4.69, 9.17) is 23.2 Å². The minimum Gasteiger partial charge on any atom is -0.504 e. The Hall–Kier alpha value is -1.55. The summed E-state index contributed by atoms with van der Waals surface area (Å²) >= 11 is 12.1. The Balaban J connectivity index is 1.85. The number of sulfone groups is 1. The van der Waals surface area contributed by atoms with Crippen LogP contribution < -0.4 is 10.6 Å². The molecular formula is C19H24Cl2FN3O4S. The fraction of sp³-hybridized carbons (Fsp3) is 0.526. The van der Waals surface area contributed by atoms with Gasteiger partial charge in [0.2, 0.25) is 14.8 Å². The van der Waals surface area contributed by atoms with Crippen molar-refractivity contribution >= 4 is 44.8 Å². The maximum Gasteiger partial charge on any atom is 0.319 e. The number of likely N-dealkylation sites (tertiary alicyclic amines) is 1. The van der Waals surface area contributed by atoms with Gasteiger partial charge in [-0.15, -0.1) is 0 Å². The van der Waals surface area contributed by atoms with E-state index in [1.54, 1.807) is 6.08 Å². The quantitative estimate of drug-likeness (QED) is 0.554. The number of carbonyl (C=O) groups is 1. The van der Waals surface area contributed by atoms with Crippen molar-refractivity contribution in [1.82, 2.24) is 10.2 Å². The monoisotopic (exact) mass is 479 g/mol. The molecule has 1 aliphatic heterocycles. The summed E-state index contributed by atoms with van der Waals surface area (Å²) in [6, 6.07) is 1.42. The number of rotatable bonds is 5. The topological polar surface area (TPSA) is 98.7 Å². The Bertz CT molecular complexity index is 963. The smallest absolute Gasteiger partial charge is 0.319 e. The first-order chi connectivity index (χ1) is 14.1. The maximum atomic E-state index is 15.5. The predicted molar refractivity (Wildman–Crippen MR) is 115 cm³/mol. The molecule has 2 amide bonds. The summed E-state index contributed by atoms with van der Waals surface area (Å²) < 4.78 is 41.7. The zero-order chi connectivity index (χ0) is 22.1. The number of phenolic OH excluding ortho intramolecular Hbond substituents is 1. The van der Waals surface area contributed by atoms with Crippen molar-refractivity contribution in [3.05, 3.63) is 28.3 Å². The second kappa shape index (κ2) is 8.90. The summed E-state index contributed by atoms with van der Waals surface area (Å²) in [7, 11) is -4.62. The van der Waals surface area contributed by atoms with E-state index >= 15 is 4.39 Å². The first-order valence-corrected chi connectivity index (χ1v) is 11.9. The van der Waals surface area contributed by atoms with Gasteiger partial charge in [-0.25, -0.2) is 17.6 Å². The third kappa shape index (κ3) is 4.39. The van der Waals surface area contributed by atoms with E-state index in [-0.39, 0.29) is 42.7 Å². The molecule has 2 aliphatic rings. The zero-order valence-electron chi connectivity index (χ0n) is 16.4. The van der Waals surface area contributed by atoms with Crippen LogP contribution >= 0.6 is 23.2 Å². The predicted octanol–water partition coefficient (Wildman–Crippen LogP) is 4.01. The second-order valence-corrected chi connectivity index (χ2v) is 10.4. The highest BCUT2D eigenvalue weighted by Gasteiger charge is 2.49. The number of hydrogen-bond acceptors (Lipinski definition) is 5. The number of phenols is 1. The highest BCUT2D eigenvalue weighted by atomic mass is 35.5. The SMILES string of the molecule is CCN1CCC(F)(S(=O)(=O)c2c(Cl)ccc(NC(=O)N[C@@H]3CCC=C3Cl)c2O)CC1. The number of anilines is 1. The molecule has 166 valence electrons. The largest absolute Gasteiger partial charge is 0.504 e. The fourth-order valence-electron chi connectivity index (χ4n) is 3.68. The lowest BCUT2D eigenvalue weighted by Gasteiger charge is -2.35. The number of allylic oxidation sites excluding steroid dienone is 1. The van der Waals surface area contributed by atoms with Crippen LogP contribution in [0.3, 0.4) is 0 Å². The molecule has 0 spiro atoms. The average Bonchev–Trinajstić information content (AvgIpc) is 3.09. The summed E-state index contributed by atoms with van der Waals surface area (Å²) in [4.78, 5) is 13.5. The van der Waals surface area contributed by atoms with E-state index in [0.29, 0.717) is 18.0 Å². The molecule has 30 heavy (non-hydrogen) atoms. The molecule has 1 saturated heterocycles. The Labute approximate surface area is 185 Å². The van der Waals surface area contributed by atoms with Gasteiger partial charge in [0.1, 0.15) is 4.90 Å². The molecule has 1 atom stereocenters. The van der Waals surface area contributed by atoms with Gasteiger partial charge in [-0.3, -0.25) is 0 Å². The molecule has 11 heteroatoms. The van der Waals surface area contributed by atoms with E-state index < -0.39 is 31.5 Å². The molecule has 7 nitrogen and oxygen atoms in total. The highest BCUT2D eigenvalue weighted by Crippen LogP contribution is 2.45. The van der Waals surface area contributed by atoms with Crippen LogP contribution in [0.1, 0.15) is 32.6 Å². The van der Waals surface area contributed by atoms with Crippen LogP contribution in [0.5, 0.6) is 5.75 Å². The van der Waals surface area contributed by atoms with E-state index in [0.717, 1.165) is 6.42 Å². The van der Waals surface area contributed by atoms with Gasteiger partial charge in [0.05, 0.1) is 16.8 Å². The minimum atomic E-state index is -4.62. The number of hydrogen-bond donors (Lipinski definition) is 3. The first-order valence-electron chi connectivity index (χ1n) is 9.69. The van der Waals surface area contributed by atoms with Crippen LogP contribution in [0.2, 0.25) is 5.02 Å². The van der Waals surface area contributed by atoms with Crippen LogP contribution in [0.15, 0.2) is 28.1 Å². The molecule has 1 heterocycles. The molecule has 1 aromatic rings. The third-order valence-electron chi connectivity index (χ3n) is 5.56. The number of nitrogens with zero attached hydrogens (tertiary/aromatic N) is 1. The van der Waals surface area contributed by atoms with Gasteiger partial charge in [0.25, 0.3) is 0 Å². The molecule has 1 aromatic carbocycles. The Morgan fingerprint density at radius 2 is 2.00 bits per heavy atom. The number of aromatic hydroxyl groups is 1. The molecule has 1 fully saturated rings. The summed E-state index contributed by atoms with van der Waals surface area (Å²) in [5.41, 5.74) is -0.192. The van der Waals surface area contributed by atoms with Crippen LogP contribution in [0.25, 0.3) is 0 Å². The summed E-state index contributed by atoms with van der Waals surface area (Å²) in [5.74, 6) is -0.791. The number of amides is 2. The summed E-state index contributed by atoms with van der Waals surface area (Å²) in [6.07, 6.45) is 2.69. The summed E-state index contributed by atoms with van der Waals surface area (Å²) in [5, 5.41) is 13.3. The average molecular weight is 480 g/mol. The number of benzene rings is 1. The molecule has 3 N–H and O–H groups in total. The molecule has 1 aliphatic carbocycles.